The van der Waals surface area contributed by atoms with Crippen molar-refractivity contribution in [1.29, 1.82) is 0 Å². The van der Waals surface area contributed by atoms with Gasteiger partial charge in [0.15, 0.2) is 6.04 Å². The summed E-state index contributed by atoms with van der Waals surface area (Å²) in [5.41, 5.74) is 8.74. The van der Waals surface area contributed by atoms with Crippen LogP contribution in [0.4, 0.5) is 4.79 Å². The molecular formula is C46H46N8O6. The Hall–Kier alpha value is -7.06. The van der Waals surface area contributed by atoms with E-state index in [0.29, 0.717) is 18.7 Å². The zero-order valence-corrected chi connectivity index (χ0v) is 33.4. The van der Waals surface area contributed by atoms with E-state index in [0.717, 1.165) is 82.7 Å². The normalized spacial score (nSPS) is 17.4. The molecular weight excluding hydrogens is 761 g/mol. The molecule has 2 fully saturated rings. The number of aromatic amines is 2. The summed E-state index contributed by atoms with van der Waals surface area (Å²) in [4.78, 5) is 57.6. The third-order valence-electron chi connectivity index (χ3n) is 11.2. The Kier molecular flexibility index (Phi) is 12.1. The van der Waals surface area contributed by atoms with Gasteiger partial charge < -0.3 is 24.7 Å². The van der Waals surface area contributed by atoms with E-state index in [4.69, 9.17) is 9.62 Å². The number of amides is 3. The Morgan fingerprint density at radius 1 is 0.683 bits per heavy atom. The average Bonchev–Trinajstić information content (AvgIpc) is 4.15. The summed E-state index contributed by atoms with van der Waals surface area (Å²) < 4.78 is 4.83. The van der Waals surface area contributed by atoms with E-state index in [-0.39, 0.29) is 23.9 Å². The second-order valence-electron chi connectivity index (χ2n) is 14.8. The monoisotopic (exact) mass is 806 g/mol. The number of rotatable bonds is 13. The van der Waals surface area contributed by atoms with Gasteiger partial charge in [0, 0.05) is 24.2 Å². The van der Waals surface area contributed by atoms with E-state index >= 15 is 0 Å². The second-order valence-corrected chi connectivity index (χ2v) is 14.8. The Morgan fingerprint density at radius 3 is 1.67 bits per heavy atom. The minimum atomic E-state index is -0.872. The standard InChI is InChI=1S/C46H46N8O6/c1-58-46(57)48-43(35-13-7-4-8-14-35)45(56)54-26-10-16-41(54)39-28-37(50-52-39)33-23-19-31(20-24-33)30-17-21-32(22-18-30)36-27-38(51-49-36)40-15-9-25-53(40)44(55)42(47-29-60-59-2)34-11-5-3-6-12-34/h3-8,11-14,17-24,27-29,40-43H,9-10,15-16,25-26H2,1-2H3,(H,48,57)(H,49,51)(H,50,52)/t40-,41-,42+,43+/m0/s1. The number of methoxy groups -OCH3 is 1. The topological polar surface area (TPSA) is 167 Å². The molecule has 2 aliphatic heterocycles. The summed E-state index contributed by atoms with van der Waals surface area (Å²) in [6, 6.07) is 37.1. The van der Waals surface area contributed by atoms with Crippen LogP contribution in [0.25, 0.3) is 33.6 Å². The molecule has 0 saturated carbocycles. The maximum Gasteiger partial charge on any atom is 0.407 e. The van der Waals surface area contributed by atoms with Crippen molar-refractivity contribution in [2.45, 2.75) is 49.9 Å². The maximum absolute atomic E-state index is 13.9. The molecule has 14 heteroatoms. The van der Waals surface area contributed by atoms with Crippen LogP contribution in [0.1, 0.15) is 72.4 Å². The fourth-order valence-electron chi connectivity index (χ4n) is 8.17. The number of carbonyl (C=O) groups excluding carboxylic acids is 3. The minimum Gasteiger partial charge on any atom is -0.453 e. The van der Waals surface area contributed by atoms with Gasteiger partial charge in [0.25, 0.3) is 5.91 Å². The van der Waals surface area contributed by atoms with Crippen LogP contribution < -0.4 is 5.32 Å². The number of ether oxygens (including phenoxy) is 1. The van der Waals surface area contributed by atoms with Crippen molar-refractivity contribution < 1.29 is 28.9 Å². The first-order valence-electron chi connectivity index (χ1n) is 20.0. The number of hydrogen-bond acceptors (Lipinski definition) is 9. The zero-order chi connectivity index (χ0) is 41.4. The van der Waals surface area contributed by atoms with Gasteiger partial charge in [-0.2, -0.15) is 15.1 Å². The number of likely N-dealkylation sites (tertiary alicyclic amines) is 2. The number of nitrogens with zero attached hydrogens (tertiary/aromatic N) is 5. The summed E-state index contributed by atoms with van der Waals surface area (Å²) >= 11 is 0. The van der Waals surface area contributed by atoms with Gasteiger partial charge in [0.05, 0.1) is 49.1 Å². The highest BCUT2D eigenvalue weighted by molar-refractivity contribution is 5.88. The predicted molar refractivity (Wildman–Crippen MR) is 225 cm³/mol. The first kappa shape index (κ1) is 39.8. The van der Waals surface area contributed by atoms with Gasteiger partial charge in [0.1, 0.15) is 6.04 Å². The molecule has 306 valence electrons. The molecule has 6 aromatic rings. The van der Waals surface area contributed by atoms with E-state index in [9.17, 15) is 14.4 Å². The molecule has 4 heterocycles. The number of H-pyrrole nitrogens is 2. The quantitative estimate of drug-likeness (QED) is 0.0458. The van der Waals surface area contributed by atoms with E-state index in [2.05, 4.69) is 72.0 Å². The van der Waals surface area contributed by atoms with Crippen molar-refractivity contribution in [3.63, 3.8) is 0 Å². The predicted octanol–water partition coefficient (Wildman–Crippen LogP) is 7.91. The molecule has 8 rings (SSSR count). The van der Waals surface area contributed by atoms with Gasteiger partial charge in [-0.05, 0) is 60.1 Å². The summed E-state index contributed by atoms with van der Waals surface area (Å²) in [5.74, 6) is -0.315. The fraction of sp³-hybridized carbons (Fsp3) is 0.261. The molecule has 0 aliphatic carbocycles. The molecule has 3 amide bonds. The molecule has 60 heavy (non-hydrogen) atoms. The van der Waals surface area contributed by atoms with Gasteiger partial charge in [0.2, 0.25) is 12.3 Å². The second kappa shape index (κ2) is 18.2. The summed E-state index contributed by atoms with van der Waals surface area (Å²) in [6.07, 6.45) is 3.78. The van der Waals surface area contributed by atoms with E-state index < -0.39 is 18.2 Å². The molecule has 2 aliphatic rings. The van der Waals surface area contributed by atoms with Crippen LogP contribution in [0.3, 0.4) is 0 Å². The highest BCUT2D eigenvalue weighted by Crippen LogP contribution is 2.37. The molecule has 2 aromatic heterocycles. The van der Waals surface area contributed by atoms with E-state index in [1.807, 2.05) is 94.7 Å². The molecule has 0 radical (unpaired) electrons. The first-order chi connectivity index (χ1) is 29.4. The van der Waals surface area contributed by atoms with Crippen LogP contribution in [-0.4, -0.2) is 81.8 Å². The first-order valence-corrected chi connectivity index (χ1v) is 20.0. The molecule has 0 spiro atoms. The minimum absolute atomic E-state index is 0.116. The summed E-state index contributed by atoms with van der Waals surface area (Å²) in [6.45, 7) is 1.18. The highest BCUT2D eigenvalue weighted by Gasteiger charge is 2.37. The molecule has 4 aromatic carbocycles. The lowest BCUT2D eigenvalue weighted by atomic mass is 10.00. The molecule has 14 nitrogen and oxygen atoms in total. The van der Waals surface area contributed by atoms with Crippen LogP contribution in [0.2, 0.25) is 0 Å². The smallest absolute Gasteiger partial charge is 0.407 e. The number of benzene rings is 4. The van der Waals surface area contributed by atoms with Crippen LogP contribution in [-0.2, 0) is 24.1 Å². The molecule has 0 bridgehead atoms. The van der Waals surface area contributed by atoms with Gasteiger partial charge in [-0.25, -0.2) is 9.79 Å². The third-order valence-corrected chi connectivity index (χ3v) is 11.2. The Labute approximate surface area is 347 Å². The largest absolute Gasteiger partial charge is 0.453 e. The summed E-state index contributed by atoms with van der Waals surface area (Å²) in [7, 11) is 2.67. The zero-order valence-electron chi connectivity index (χ0n) is 33.4. The van der Waals surface area contributed by atoms with E-state index in [1.54, 1.807) is 0 Å². The number of aliphatic imine (C=N–C) groups is 1. The molecule has 2 saturated heterocycles. The fourth-order valence-corrected chi connectivity index (χ4v) is 8.17. The SMILES string of the molecule is COOC=N[C@@H](C(=O)N1CCC[C@H]1c1cc(-c2ccc(-c3ccc(-c4cc([C@@H]5CCCN5C(=O)[C@H](NC(=O)OC)c5ccccc5)[nH]n4)cc3)cc2)n[nH]1)c1ccccc1. The number of carbonyl (C=O) groups is 3. The number of alkyl carbamates (subject to hydrolysis) is 1. The van der Waals surface area contributed by atoms with Crippen molar-refractivity contribution in [3.05, 3.63) is 144 Å². The molecule has 3 N–H and O–H groups in total. The molecule has 0 unspecified atom stereocenters. The Morgan fingerprint density at radius 2 is 1.17 bits per heavy atom. The van der Waals surface area contributed by atoms with Gasteiger partial charge in [-0.1, -0.05) is 109 Å². The lowest BCUT2D eigenvalue weighted by molar-refractivity contribution is -0.188. The Balaban J connectivity index is 0.927. The van der Waals surface area contributed by atoms with E-state index in [1.165, 1.54) is 14.2 Å². The third kappa shape index (κ3) is 8.54. The van der Waals surface area contributed by atoms with Crippen molar-refractivity contribution >= 4 is 24.3 Å². The van der Waals surface area contributed by atoms with Crippen LogP contribution >= 0.6 is 0 Å². The van der Waals surface area contributed by atoms with Gasteiger partial charge in [-0.3, -0.25) is 19.8 Å². The Bertz CT molecular complexity index is 2420. The number of hydrogen-bond donors (Lipinski definition) is 3. The highest BCUT2D eigenvalue weighted by atomic mass is 17.2. The number of aromatic nitrogens is 4. The lowest BCUT2D eigenvalue weighted by Crippen LogP contribution is -2.42. The molecule has 4 atom stereocenters. The van der Waals surface area contributed by atoms with Crippen molar-refractivity contribution in [2.24, 2.45) is 4.99 Å². The van der Waals surface area contributed by atoms with Gasteiger partial charge >= 0.3 is 6.09 Å². The van der Waals surface area contributed by atoms with Crippen LogP contribution in [0, 0.1) is 0 Å². The average molecular weight is 807 g/mol. The summed E-state index contributed by atoms with van der Waals surface area (Å²) in [5, 5.41) is 18.4. The maximum atomic E-state index is 13.9. The number of nitrogens with one attached hydrogen (secondary N) is 3. The van der Waals surface area contributed by atoms with Gasteiger partial charge in [-0.15, -0.1) is 0 Å². The van der Waals surface area contributed by atoms with Crippen molar-refractivity contribution in [2.75, 3.05) is 27.3 Å². The van der Waals surface area contributed by atoms with Crippen LogP contribution in [0.15, 0.2) is 126 Å². The van der Waals surface area contributed by atoms with Crippen molar-refractivity contribution in [1.82, 2.24) is 35.5 Å². The van der Waals surface area contributed by atoms with Crippen LogP contribution in [0.5, 0.6) is 0 Å². The lowest BCUT2D eigenvalue weighted by Gasteiger charge is -2.28. The van der Waals surface area contributed by atoms with Crippen molar-refractivity contribution in [3.8, 4) is 33.6 Å².